The lowest BCUT2D eigenvalue weighted by molar-refractivity contribution is -0.118. The molecule has 3 aromatic rings. The van der Waals surface area contributed by atoms with E-state index in [0.717, 1.165) is 37.6 Å². The molecular weight excluding hydrogens is 422 g/mol. The average Bonchev–Trinajstić information content (AvgIpc) is 3.27. The highest BCUT2D eigenvalue weighted by Crippen LogP contribution is 2.28. The minimum atomic E-state index is -0.211. The molecule has 1 saturated heterocycles. The molecule has 2 heterocycles. The van der Waals surface area contributed by atoms with Crippen molar-refractivity contribution in [1.82, 2.24) is 20.1 Å². The van der Waals surface area contributed by atoms with Crippen LogP contribution in [0.1, 0.15) is 35.2 Å². The summed E-state index contributed by atoms with van der Waals surface area (Å²) >= 11 is 1.33. The van der Waals surface area contributed by atoms with E-state index < -0.39 is 0 Å². The van der Waals surface area contributed by atoms with E-state index in [1.54, 1.807) is 12.1 Å². The number of carbonyl (C=O) groups is 2. The summed E-state index contributed by atoms with van der Waals surface area (Å²) in [4.78, 5) is 26.9. The van der Waals surface area contributed by atoms with E-state index in [-0.39, 0.29) is 24.0 Å². The van der Waals surface area contributed by atoms with Crippen LogP contribution in [0, 0.1) is 6.92 Å². The number of hydrogen-bond donors (Lipinski definition) is 1. The first-order chi connectivity index (χ1) is 15.6. The van der Waals surface area contributed by atoms with Gasteiger partial charge in [-0.1, -0.05) is 59.8 Å². The highest BCUT2D eigenvalue weighted by molar-refractivity contribution is 7.99. The van der Waals surface area contributed by atoms with E-state index in [1.165, 1.54) is 23.7 Å². The molecule has 2 aromatic carbocycles. The van der Waals surface area contributed by atoms with Crippen molar-refractivity contribution in [1.29, 1.82) is 0 Å². The van der Waals surface area contributed by atoms with E-state index in [2.05, 4.69) is 51.6 Å². The lowest BCUT2D eigenvalue weighted by atomic mass is 10.1. The van der Waals surface area contributed by atoms with Gasteiger partial charge in [0.2, 0.25) is 11.9 Å². The molecule has 1 aliphatic heterocycles. The zero-order valence-corrected chi connectivity index (χ0v) is 19.0. The second kappa shape index (κ2) is 10.5. The van der Waals surface area contributed by atoms with Crippen LogP contribution in [0.4, 0.5) is 5.95 Å². The third-order valence-electron chi connectivity index (χ3n) is 5.42. The van der Waals surface area contributed by atoms with Gasteiger partial charge in [-0.15, -0.1) is 10.2 Å². The number of hydrogen-bond acceptors (Lipinski definition) is 6. The summed E-state index contributed by atoms with van der Waals surface area (Å²) in [6, 6.07) is 17.2. The van der Waals surface area contributed by atoms with Gasteiger partial charge in [0, 0.05) is 18.7 Å². The Labute approximate surface area is 192 Å². The minimum Gasteiger partial charge on any atom is -0.348 e. The van der Waals surface area contributed by atoms with Crippen molar-refractivity contribution in [3.05, 3.63) is 65.7 Å². The smallest absolute Gasteiger partial charge is 0.232 e. The molecule has 166 valence electrons. The maximum atomic E-state index is 12.4. The van der Waals surface area contributed by atoms with Crippen molar-refractivity contribution in [2.24, 2.45) is 0 Å². The molecule has 1 amide bonds. The van der Waals surface area contributed by atoms with Crippen LogP contribution >= 0.6 is 11.8 Å². The molecule has 0 bridgehead atoms. The molecule has 1 N–H and O–H groups in total. The van der Waals surface area contributed by atoms with Crippen LogP contribution in [0.25, 0.3) is 5.69 Å². The van der Waals surface area contributed by atoms with E-state index in [4.69, 9.17) is 0 Å². The lowest BCUT2D eigenvalue weighted by Crippen LogP contribution is -2.32. The highest BCUT2D eigenvalue weighted by Gasteiger charge is 2.22. The Morgan fingerprint density at radius 1 is 0.969 bits per heavy atom. The fraction of sp³-hybridized carbons (Fsp3) is 0.333. The first kappa shape index (κ1) is 22.1. The van der Waals surface area contributed by atoms with Crippen LogP contribution in [-0.2, 0) is 4.79 Å². The van der Waals surface area contributed by atoms with Crippen LogP contribution in [0.15, 0.2) is 59.8 Å². The molecule has 0 unspecified atom stereocenters. The quantitative estimate of drug-likeness (QED) is 0.418. The number of nitrogens with one attached hydrogen (secondary N) is 1. The summed E-state index contributed by atoms with van der Waals surface area (Å²) < 4.78 is 2.03. The Morgan fingerprint density at radius 2 is 1.69 bits per heavy atom. The number of anilines is 1. The molecule has 0 atom stereocenters. The van der Waals surface area contributed by atoms with Crippen molar-refractivity contribution in [3.8, 4) is 5.69 Å². The van der Waals surface area contributed by atoms with Gasteiger partial charge in [0.25, 0.3) is 0 Å². The van der Waals surface area contributed by atoms with Crippen LogP contribution in [0.2, 0.25) is 0 Å². The number of benzene rings is 2. The Balaban J connectivity index is 1.44. The molecule has 0 saturated carbocycles. The van der Waals surface area contributed by atoms with Gasteiger partial charge in [0.1, 0.15) is 0 Å². The molecule has 7 nitrogen and oxygen atoms in total. The topological polar surface area (TPSA) is 80.1 Å². The van der Waals surface area contributed by atoms with Gasteiger partial charge in [-0.2, -0.15) is 0 Å². The van der Waals surface area contributed by atoms with Crippen LogP contribution in [-0.4, -0.2) is 51.8 Å². The van der Waals surface area contributed by atoms with Gasteiger partial charge in [-0.3, -0.25) is 14.2 Å². The van der Waals surface area contributed by atoms with Crippen molar-refractivity contribution >= 4 is 29.4 Å². The van der Waals surface area contributed by atoms with Crippen molar-refractivity contribution < 1.29 is 9.59 Å². The maximum Gasteiger partial charge on any atom is 0.232 e. The number of thioether (sulfide) groups is 1. The fourth-order valence-electron chi connectivity index (χ4n) is 3.66. The van der Waals surface area contributed by atoms with Crippen molar-refractivity contribution in [2.75, 3.05) is 30.3 Å². The molecule has 8 heteroatoms. The second-order valence-electron chi connectivity index (χ2n) is 7.86. The molecule has 0 radical (unpaired) electrons. The van der Waals surface area contributed by atoms with E-state index in [9.17, 15) is 9.59 Å². The number of aryl methyl sites for hydroxylation is 1. The average molecular weight is 450 g/mol. The van der Waals surface area contributed by atoms with E-state index in [0.29, 0.717) is 10.7 Å². The largest absolute Gasteiger partial charge is 0.348 e. The van der Waals surface area contributed by atoms with E-state index in [1.807, 2.05) is 22.8 Å². The number of carbonyl (C=O) groups excluding carboxylic acids is 2. The monoisotopic (exact) mass is 449 g/mol. The standard InChI is InChI=1S/C24H27N5O2S/c1-18-10-12-20(13-11-18)29-23(28-14-6-3-7-15-28)26-27-24(29)32-17-22(31)25-16-21(30)19-8-4-2-5-9-19/h2,4-5,8-13H,3,6-7,14-17H2,1H3,(H,25,31). The van der Waals surface area contributed by atoms with Gasteiger partial charge in [0.05, 0.1) is 18.0 Å². The molecule has 4 rings (SSSR count). The normalized spacial score (nSPS) is 13.7. The Morgan fingerprint density at radius 3 is 2.41 bits per heavy atom. The van der Waals surface area contributed by atoms with Crippen LogP contribution in [0.5, 0.6) is 0 Å². The zero-order chi connectivity index (χ0) is 22.3. The molecule has 1 aliphatic rings. The Bertz CT molecular complexity index is 1060. The summed E-state index contributed by atoms with van der Waals surface area (Å²) in [7, 11) is 0. The van der Waals surface area contributed by atoms with Crippen LogP contribution in [0.3, 0.4) is 0 Å². The minimum absolute atomic E-state index is 0.0207. The number of aromatic nitrogens is 3. The predicted molar refractivity (Wildman–Crippen MR) is 127 cm³/mol. The van der Waals surface area contributed by atoms with Gasteiger partial charge in [-0.25, -0.2) is 0 Å². The van der Waals surface area contributed by atoms with Gasteiger partial charge < -0.3 is 10.2 Å². The molecule has 32 heavy (non-hydrogen) atoms. The van der Waals surface area contributed by atoms with Gasteiger partial charge in [-0.05, 0) is 38.3 Å². The number of rotatable bonds is 8. The number of piperidine rings is 1. The van der Waals surface area contributed by atoms with Gasteiger partial charge in [0.15, 0.2) is 10.9 Å². The number of ketones is 1. The highest BCUT2D eigenvalue weighted by atomic mass is 32.2. The first-order valence-electron chi connectivity index (χ1n) is 10.9. The molecular formula is C24H27N5O2S. The summed E-state index contributed by atoms with van der Waals surface area (Å²) in [6.45, 7) is 3.94. The number of amides is 1. The molecule has 1 aromatic heterocycles. The van der Waals surface area contributed by atoms with Crippen molar-refractivity contribution in [3.63, 3.8) is 0 Å². The summed E-state index contributed by atoms with van der Waals surface area (Å²) in [5, 5.41) is 12.2. The second-order valence-corrected chi connectivity index (χ2v) is 8.80. The summed E-state index contributed by atoms with van der Waals surface area (Å²) in [5.41, 5.74) is 2.74. The molecule has 0 spiro atoms. The Hall–Kier alpha value is -3.13. The maximum absolute atomic E-state index is 12.4. The molecule has 0 aliphatic carbocycles. The summed E-state index contributed by atoms with van der Waals surface area (Å²) in [5.74, 6) is 0.652. The molecule has 1 fully saturated rings. The summed E-state index contributed by atoms with van der Waals surface area (Å²) in [6.07, 6.45) is 3.51. The number of nitrogens with zero attached hydrogens (tertiary/aromatic N) is 4. The predicted octanol–water partition coefficient (Wildman–Crippen LogP) is 3.66. The van der Waals surface area contributed by atoms with Crippen LogP contribution < -0.4 is 10.2 Å². The fourth-order valence-corrected chi connectivity index (χ4v) is 4.44. The Kier molecular flexibility index (Phi) is 7.21. The number of Topliss-reactive ketones (excluding diaryl/α,β-unsaturated/α-hetero) is 1. The van der Waals surface area contributed by atoms with Gasteiger partial charge >= 0.3 is 0 Å². The van der Waals surface area contributed by atoms with Crippen molar-refractivity contribution in [2.45, 2.75) is 31.3 Å². The third-order valence-corrected chi connectivity index (χ3v) is 6.35. The SMILES string of the molecule is Cc1ccc(-n2c(SCC(=O)NCC(=O)c3ccccc3)nnc2N2CCCCC2)cc1. The lowest BCUT2D eigenvalue weighted by Gasteiger charge is -2.27. The van der Waals surface area contributed by atoms with E-state index >= 15 is 0 Å². The third kappa shape index (κ3) is 5.37. The zero-order valence-electron chi connectivity index (χ0n) is 18.2. The first-order valence-corrected chi connectivity index (χ1v) is 11.9.